The Hall–Kier alpha value is -1.57. The molecule has 0 fully saturated rings. The number of nitrogens with zero attached hydrogens (tertiary/aromatic N) is 1. The minimum atomic E-state index is -0.0103. The largest absolute Gasteiger partial charge is 0.398 e. The van der Waals surface area contributed by atoms with E-state index in [-0.39, 0.29) is 6.61 Å². The average Bonchev–Trinajstić information content (AvgIpc) is 2.63. The van der Waals surface area contributed by atoms with Crippen molar-refractivity contribution in [3.63, 3.8) is 0 Å². The highest BCUT2D eigenvalue weighted by molar-refractivity contribution is 7.19. The van der Waals surface area contributed by atoms with Crippen molar-refractivity contribution in [2.24, 2.45) is 0 Å². The Bertz CT molecular complexity index is 525. The molecule has 0 aliphatic rings. The number of thiophene rings is 1. The van der Waals surface area contributed by atoms with Gasteiger partial charge in [-0.3, -0.25) is 0 Å². The summed E-state index contributed by atoms with van der Waals surface area (Å²) in [5.41, 5.74) is 7.02. The lowest BCUT2D eigenvalue weighted by atomic mass is 10.1. The first kappa shape index (κ1) is 9.00. The van der Waals surface area contributed by atoms with E-state index in [1.807, 2.05) is 6.07 Å². The third-order valence-corrected chi connectivity index (χ3v) is 3.20. The van der Waals surface area contributed by atoms with Gasteiger partial charge in [-0.1, -0.05) is 0 Å². The highest BCUT2D eigenvalue weighted by atomic mass is 32.1. The summed E-state index contributed by atoms with van der Waals surface area (Å²) in [6.45, 7) is -0.0103. The first-order valence-electron chi connectivity index (χ1n) is 4.08. The molecule has 0 spiro atoms. The number of anilines is 1. The number of nitrogen functional groups attached to an aromatic ring is 1. The van der Waals surface area contributed by atoms with Crippen molar-refractivity contribution >= 4 is 27.1 Å². The van der Waals surface area contributed by atoms with Crippen molar-refractivity contribution in [3.8, 4) is 6.07 Å². The molecule has 14 heavy (non-hydrogen) atoms. The number of rotatable bonds is 1. The van der Waals surface area contributed by atoms with E-state index in [1.54, 1.807) is 12.1 Å². The Morgan fingerprint density at radius 1 is 1.50 bits per heavy atom. The van der Waals surface area contributed by atoms with E-state index in [9.17, 15) is 0 Å². The van der Waals surface area contributed by atoms with Crippen LogP contribution in [0.3, 0.4) is 0 Å². The van der Waals surface area contributed by atoms with E-state index in [1.165, 1.54) is 11.3 Å². The molecule has 2 aromatic rings. The number of nitrogens with two attached hydrogens (primary N) is 1. The maximum absolute atomic E-state index is 8.98. The fourth-order valence-electron chi connectivity index (χ4n) is 1.36. The predicted octanol–water partition coefficient (Wildman–Crippen LogP) is 1.85. The molecule has 0 saturated heterocycles. The van der Waals surface area contributed by atoms with Crippen LogP contribution in [0.15, 0.2) is 18.2 Å². The zero-order chi connectivity index (χ0) is 10.1. The molecule has 0 aliphatic carbocycles. The quantitative estimate of drug-likeness (QED) is 0.696. The summed E-state index contributed by atoms with van der Waals surface area (Å²) in [5.74, 6) is 0. The topological polar surface area (TPSA) is 70.0 Å². The summed E-state index contributed by atoms with van der Waals surface area (Å²) in [5, 5.41) is 18.7. The molecule has 1 aromatic carbocycles. The summed E-state index contributed by atoms with van der Waals surface area (Å²) in [6, 6.07) is 7.36. The zero-order valence-corrected chi connectivity index (χ0v) is 8.14. The van der Waals surface area contributed by atoms with Gasteiger partial charge in [0, 0.05) is 16.0 Å². The molecule has 70 valence electrons. The number of hydrogen-bond acceptors (Lipinski definition) is 4. The van der Waals surface area contributed by atoms with Crippen LogP contribution in [0, 0.1) is 11.3 Å². The monoisotopic (exact) mass is 204 g/mol. The number of hydrogen-bond donors (Lipinski definition) is 2. The molecule has 1 aromatic heterocycles. The Balaban J connectivity index is 2.83. The predicted molar refractivity (Wildman–Crippen MR) is 56.9 cm³/mol. The molecule has 0 radical (unpaired) electrons. The third kappa shape index (κ3) is 1.23. The van der Waals surface area contributed by atoms with Gasteiger partial charge in [0.05, 0.1) is 16.9 Å². The lowest BCUT2D eigenvalue weighted by molar-refractivity contribution is 0.285. The van der Waals surface area contributed by atoms with E-state index in [0.29, 0.717) is 11.3 Å². The second-order valence-corrected chi connectivity index (χ2v) is 4.06. The summed E-state index contributed by atoms with van der Waals surface area (Å²) >= 11 is 1.41. The molecule has 0 atom stereocenters. The van der Waals surface area contributed by atoms with Gasteiger partial charge < -0.3 is 10.8 Å². The van der Waals surface area contributed by atoms with Gasteiger partial charge >= 0.3 is 0 Å². The van der Waals surface area contributed by atoms with Gasteiger partial charge in [0.1, 0.15) is 6.07 Å². The van der Waals surface area contributed by atoms with Crippen LogP contribution < -0.4 is 5.73 Å². The van der Waals surface area contributed by atoms with Crippen LogP contribution in [0.5, 0.6) is 0 Å². The normalized spacial score (nSPS) is 10.3. The molecule has 0 saturated carbocycles. The van der Waals surface area contributed by atoms with Crippen molar-refractivity contribution in [1.82, 2.24) is 0 Å². The highest BCUT2D eigenvalue weighted by Gasteiger charge is 2.08. The van der Waals surface area contributed by atoms with E-state index in [4.69, 9.17) is 16.1 Å². The smallest absolute Gasteiger partial charge is 0.101 e. The molecule has 0 bridgehead atoms. The molecule has 2 rings (SSSR count). The minimum Gasteiger partial charge on any atom is -0.398 e. The van der Waals surface area contributed by atoms with Crippen molar-refractivity contribution < 1.29 is 5.11 Å². The summed E-state index contributed by atoms with van der Waals surface area (Å²) < 4.78 is 0.858. The van der Waals surface area contributed by atoms with Crippen LogP contribution >= 0.6 is 11.3 Å². The SMILES string of the molecule is N#Cc1ccc(N)c2cc(CO)sc12. The van der Waals surface area contributed by atoms with Crippen LogP contribution in [0.1, 0.15) is 10.4 Å². The Morgan fingerprint density at radius 2 is 2.29 bits per heavy atom. The number of fused-ring (bicyclic) bond motifs is 1. The average molecular weight is 204 g/mol. The third-order valence-electron chi connectivity index (χ3n) is 2.04. The Labute approximate surface area is 85.0 Å². The van der Waals surface area contributed by atoms with E-state index >= 15 is 0 Å². The highest BCUT2D eigenvalue weighted by Crippen LogP contribution is 2.32. The summed E-state index contributed by atoms with van der Waals surface area (Å²) in [7, 11) is 0. The van der Waals surface area contributed by atoms with Gasteiger partial charge in [0.15, 0.2) is 0 Å². The van der Waals surface area contributed by atoms with Crippen LogP contribution in [0.25, 0.3) is 10.1 Å². The number of aliphatic hydroxyl groups is 1. The molecular weight excluding hydrogens is 196 g/mol. The Kier molecular flexibility index (Phi) is 2.12. The van der Waals surface area contributed by atoms with Crippen LogP contribution in [-0.4, -0.2) is 5.11 Å². The van der Waals surface area contributed by atoms with Crippen LogP contribution in [-0.2, 0) is 6.61 Å². The lowest BCUT2D eigenvalue weighted by Crippen LogP contribution is -1.85. The summed E-state index contributed by atoms with van der Waals surface area (Å²) in [4.78, 5) is 0.828. The molecule has 0 aliphatic heterocycles. The molecule has 4 heteroatoms. The molecule has 0 amide bonds. The van der Waals surface area contributed by atoms with Crippen LogP contribution in [0.2, 0.25) is 0 Å². The number of aliphatic hydroxyl groups excluding tert-OH is 1. The molecule has 0 unspecified atom stereocenters. The van der Waals surface area contributed by atoms with Crippen molar-refractivity contribution in [2.45, 2.75) is 6.61 Å². The van der Waals surface area contributed by atoms with E-state index < -0.39 is 0 Å². The van der Waals surface area contributed by atoms with Crippen molar-refractivity contribution in [2.75, 3.05) is 5.73 Å². The maximum atomic E-state index is 8.98. The fraction of sp³-hybridized carbons (Fsp3) is 0.100. The van der Waals surface area contributed by atoms with Gasteiger partial charge in [-0.15, -0.1) is 11.3 Å². The van der Waals surface area contributed by atoms with Gasteiger partial charge in [0.2, 0.25) is 0 Å². The van der Waals surface area contributed by atoms with Gasteiger partial charge in [0.25, 0.3) is 0 Å². The Morgan fingerprint density at radius 3 is 2.93 bits per heavy atom. The lowest BCUT2D eigenvalue weighted by Gasteiger charge is -1.96. The number of benzene rings is 1. The van der Waals surface area contributed by atoms with Crippen LogP contribution in [0.4, 0.5) is 5.69 Å². The molecule has 1 heterocycles. The fourth-order valence-corrected chi connectivity index (χ4v) is 2.37. The zero-order valence-electron chi connectivity index (χ0n) is 7.32. The first-order chi connectivity index (χ1) is 6.76. The van der Waals surface area contributed by atoms with E-state index in [0.717, 1.165) is 15.0 Å². The minimum absolute atomic E-state index is 0.0103. The van der Waals surface area contributed by atoms with Crippen molar-refractivity contribution in [1.29, 1.82) is 5.26 Å². The molecule has 3 N–H and O–H groups in total. The molecule has 3 nitrogen and oxygen atoms in total. The van der Waals surface area contributed by atoms with Crippen molar-refractivity contribution in [3.05, 3.63) is 28.6 Å². The first-order valence-corrected chi connectivity index (χ1v) is 4.89. The second kappa shape index (κ2) is 3.29. The second-order valence-electron chi connectivity index (χ2n) is 2.93. The van der Waals surface area contributed by atoms with Gasteiger partial charge in [-0.2, -0.15) is 5.26 Å². The molecular formula is C10H8N2OS. The maximum Gasteiger partial charge on any atom is 0.101 e. The number of nitriles is 1. The standard InChI is InChI=1S/C10H8N2OS/c11-4-6-1-2-9(12)8-3-7(5-13)14-10(6)8/h1-3,13H,5,12H2. The summed E-state index contributed by atoms with van der Waals surface area (Å²) in [6.07, 6.45) is 0. The van der Waals surface area contributed by atoms with E-state index in [2.05, 4.69) is 6.07 Å². The van der Waals surface area contributed by atoms with Gasteiger partial charge in [-0.25, -0.2) is 0 Å². The van der Waals surface area contributed by atoms with Gasteiger partial charge in [-0.05, 0) is 18.2 Å².